The first-order valence-electron chi connectivity index (χ1n) is 12.1. The van der Waals surface area contributed by atoms with Crippen LogP contribution in [-0.2, 0) is 18.3 Å². The molecule has 3 aromatic carbocycles. The summed E-state index contributed by atoms with van der Waals surface area (Å²) in [4.78, 5) is 15.6. The molecule has 1 atom stereocenters. The normalized spacial score (nSPS) is 15.1. The highest BCUT2D eigenvalue weighted by atomic mass is 35.5. The molecular weight excluding hydrogens is 474 g/mol. The van der Waals surface area contributed by atoms with Gasteiger partial charge in [-0.2, -0.15) is 5.10 Å². The highest BCUT2D eigenvalue weighted by Crippen LogP contribution is 2.35. The van der Waals surface area contributed by atoms with Crippen LogP contribution in [0.1, 0.15) is 28.8 Å². The van der Waals surface area contributed by atoms with Crippen molar-refractivity contribution in [3.63, 3.8) is 0 Å². The first kappa shape index (κ1) is 24.1. The number of hydrogen-bond donors (Lipinski definition) is 0. The fraction of sp³-hybridized carbons (Fsp3) is 0.241. The number of hydrogen-bond acceptors (Lipinski definition) is 4. The third-order valence-electron chi connectivity index (χ3n) is 6.28. The third kappa shape index (κ3) is 5.30. The second-order valence-electron chi connectivity index (χ2n) is 8.84. The van der Waals surface area contributed by atoms with Crippen molar-refractivity contribution in [2.24, 2.45) is 7.05 Å². The Labute approximate surface area is 216 Å². The SMILES string of the molecule is Cn1nc(-c2ccccc2)c(CN(C[C@@H]2CCCO2)C(=O)c2ccccc2Cl)c1Oc1ccccc1. The van der Waals surface area contributed by atoms with Crippen molar-refractivity contribution >= 4 is 17.5 Å². The van der Waals surface area contributed by atoms with Crippen molar-refractivity contribution in [2.45, 2.75) is 25.5 Å². The number of para-hydroxylation sites is 1. The minimum absolute atomic E-state index is 0.0215. The fourth-order valence-corrected chi connectivity index (χ4v) is 4.72. The van der Waals surface area contributed by atoms with Crippen molar-refractivity contribution in [1.82, 2.24) is 14.7 Å². The molecule has 1 saturated heterocycles. The van der Waals surface area contributed by atoms with Gasteiger partial charge in [-0.25, -0.2) is 4.68 Å². The van der Waals surface area contributed by atoms with Crippen LogP contribution in [0.25, 0.3) is 11.3 Å². The molecule has 36 heavy (non-hydrogen) atoms. The maximum absolute atomic E-state index is 13.8. The average Bonchev–Trinajstić information content (AvgIpc) is 3.53. The van der Waals surface area contributed by atoms with Crippen LogP contribution in [0.4, 0.5) is 0 Å². The summed E-state index contributed by atoms with van der Waals surface area (Å²) in [6, 6.07) is 26.7. The number of benzene rings is 3. The Morgan fingerprint density at radius 2 is 1.75 bits per heavy atom. The van der Waals surface area contributed by atoms with Crippen LogP contribution in [0.15, 0.2) is 84.9 Å². The topological polar surface area (TPSA) is 56.6 Å². The van der Waals surface area contributed by atoms with E-state index in [1.165, 1.54) is 0 Å². The highest BCUT2D eigenvalue weighted by molar-refractivity contribution is 6.33. The molecule has 6 nitrogen and oxygen atoms in total. The zero-order valence-electron chi connectivity index (χ0n) is 20.1. The second kappa shape index (κ2) is 11.0. The van der Waals surface area contributed by atoms with E-state index in [4.69, 9.17) is 26.2 Å². The Kier molecular flexibility index (Phi) is 7.35. The molecular formula is C29H28ClN3O3. The molecule has 5 rings (SSSR count). The number of aryl methyl sites for hydroxylation is 1. The van der Waals surface area contributed by atoms with Gasteiger partial charge in [-0.05, 0) is 37.1 Å². The molecule has 2 heterocycles. The number of nitrogens with zero attached hydrogens (tertiary/aromatic N) is 3. The van der Waals surface area contributed by atoms with Crippen LogP contribution < -0.4 is 4.74 Å². The molecule has 1 aliphatic rings. The first-order valence-corrected chi connectivity index (χ1v) is 12.5. The monoisotopic (exact) mass is 501 g/mol. The lowest BCUT2D eigenvalue weighted by molar-refractivity contribution is 0.0506. The summed E-state index contributed by atoms with van der Waals surface area (Å²) in [5.74, 6) is 1.14. The van der Waals surface area contributed by atoms with Crippen LogP contribution in [0.3, 0.4) is 0 Å². The first-order chi connectivity index (χ1) is 17.6. The predicted molar refractivity (Wildman–Crippen MR) is 140 cm³/mol. The van der Waals surface area contributed by atoms with E-state index in [0.29, 0.717) is 41.9 Å². The number of rotatable bonds is 8. The highest BCUT2D eigenvalue weighted by Gasteiger charge is 2.29. The fourth-order valence-electron chi connectivity index (χ4n) is 4.50. The maximum Gasteiger partial charge on any atom is 0.255 e. The molecule has 7 heteroatoms. The average molecular weight is 502 g/mol. The van der Waals surface area contributed by atoms with E-state index in [-0.39, 0.29) is 12.0 Å². The number of amides is 1. The number of ether oxygens (including phenoxy) is 2. The lowest BCUT2D eigenvalue weighted by atomic mass is 10.1. The summed E-state index contributed by atoms with van der Waals surface area (Å²) in [7, 11) is 1.86. The van der Waals surface area contributed by atoms with Crippen molar-refractivity contribution in [2.75, 3.05) is 13.2 Å². The van der Waals surface area contributed by atoms with Gasteiger partial charge in [-0.1, -0.05) is 72.3 Å². The second-order valence-corrected chi connectivity index (χ2v) is 9.24. The van der Waals surface area contributed by atoms with Crippen LogP contribution in [0.2, 0.25) is 5.02 Å². The lowest BCUT2D eigenvalue weighted by Crippen LogP contribution is -2.37. The van der Waals surface area contributed by atoms with Crippen LogP contribution >= 0.6 is 11.6 Å². The Hall–Kier alpha value is -3.61. The molecule has 0 unspecified atom stereocenters. The largest absolute Gasteiger partial charge is 0.439 e. The summed E-state index contributed by atoms with van der Waals surface area (Å²) < 4.78 is 14.0. The minimum Gasteiger partial charge on any atom is -0.439 e. The van der Waals surface area contributed by atoms with Crippen molar-refractivity contribution in [1.29, 1.82) is 0 Å². The van der Waals surface area contributed by atoms with Crippen molar-refractivity contribution in [3.8, 4) is 22.9 Å². The molecule has 0 saturated carbocycles. The molecule has 1 aromatic heterocycles. The van der Waals surface area contributed by atoms with Gasteiger partial charge < -0.3 is 14.4 Å². The summed E-state index contributed by atoms with van der Waals surface area (Å²) in [5.41, 5.74) is 3.01. The summed E-state index contributed by atoms with van der Waals surface area (Å²) in [5, 5.41) is 5.23. The van der Waals surface area contributed by atoms with Crippen LogP contribution in [-0.4, -0.2) is 39.8 Å². The molecule has 0 radical (unpaired) electrons. The van der Waals surface area contributed by atoms with E-state index < -0.39 is 0 Å². The minimum atomic E-state index is -0.148. The summed E-state index contributed by atoms with van der Waals surface area (Å²) in [6.45, 7) is 1.46. The third-order valence-corrected chi connectivity index (χ3v) is 6.61. The summed E-state index contributed by atoms with van der Waals surface area (Å²) in [6.07, 6.45) is 1.88. The van der Waals surface area contributed by atoms with Crippen molar-refractivity contribution < 1.29 is 14.3 Å². The van der Waals surface area contributed by atoms with Gasteiger partial charge in [0.25, 0.3) is 5.91 Å². The standard InChI is InChI=1S/C29H28ClN3O3/c1-32-29(36-22-13-6-3-7-14-22)25(27(31-32)21-11-4-2-5-12-21)20-33(19-23-15-10-18-35-23)28(34)24-16-8-9-17-26(24)30/h2-9,11-14,16-17,23H,10,15,18-20H2,1H3/t23-/m0/s1. The van der Waals surface area contributed by atoms with E-state index in [9.17, 15) is 4.79 Å². The molecule has 1 amide bonds. The predicted octanol–water partition coefficient (Wildman–Crippen LogP) is 6.35. The molecule has 0 N–H and O–H groups in total. The Balaban J connectivity index is 1.57. The van der Waals surface area contributed by atoms with Gasteiger partial charge in [-0.15, -0.1) is 0 Å². The lowest BCUT2D eigenvalue weighted by Gasteiger charge is -2.26. The van der Waals surface area contributed by atoms with Gasteiger partial charge in [0.2, 0.25) is 5.88 Å². The van der Waals surface area contributed by atoms with Gasteiger partial charge >= 0.3 is 0 Å². The smallest absolute Gasteiger partial charge is 0.255 e. The van der Waals surface area contributed by atoms with E-state index in [2.05, 4.69) is 0 Å². The quantitative estimate of drug-likeness (QED) is 0.282. The molecule has 0 aliphatic carbocycles. The number of aromatic nitrogens is 2. The Bertz CT molecular complexity index is 1320. The van der Waals surface area contributed by atoms with Gasteiger partial charge in [0.1, 0.15) is 11.4 Å². The molecule has 1 fully saturated rings. The van der Waals surface area contributed by atoms with Crippen molar-refractivity contribution in [3.05, 3.63) is 101 Å². The number of carbonyl (C=O) groups excluding carboxylic acids is 1. The Morgan fingerprint density at radius 3 is 2.44 bits per heavy atom. The number of halogens is 1. The number of carbonyl (C=O) groups is 1. The van der Waals surface area contributed by atoms with E-state index >= 15 is 0 Å². The van der Waals surface area contributed by atoms with E-state index in [1.807, 2.05) is 79.8 Å². The zero-order chi connectivity index (χ0) is 24.9. The van der Waals surface area contributed by atoms with Crippen LogP contribution in [0, 0.1) is 0 Å². The van der Waals surface area contributed by atoms with Gasteiger partial charge in [0.05, 0.1) is 28.8 Å². The van der Waals surface area contributed by atoms with Gasteiger partial charge in [-0.3, -0.25) is 4.79 Å². The summed E-state index contributed by atoms with van der Waals surface area (Å²) >= 11 is 6.43. The van der Waals surface area contributed by atoms with Gasteiger partial charge in [0, 0.05) is 25.8 Å². The van der Waals surface area contributed by atoms with E-state index in [1.54, 1.807) is 21.7 Å². The molecule has 0 bridgehead atoms. The molecule has 4 aromatic rings. The van der Waals surface area contributed by atoms with Gasteiger partial charge in [0.15, 0.2) is 0 Å². The van der Waals surface area contributed by atoms with E-state index in [0.717, 1.165) is 29.7 Å². The molecule has 184 valence electrons. The zero-order valence-corrected chi connectivity index (χ0v) is 20.9. The maximum atomic E-state index is 13.8. The Morgan fingerprint density at radius 1 is 1.06 bits per heavy atom. The molecule has 1 aliphatic heterocycles. The molecule has 0 spiro atoms. The van der Waals surface area contributed by atoms with Crippen LogP contribution in [0.5, 0.6) is 11.6 Å².